The summed E-state index contributed by atoms with van der Waals surface area (Å²) >= 11 is 0. The minimum Gasteiger partial charge on any atom is -0.348 e. The van der Waals surface area contributed by atoms with Gasteiger partial charge in [0.05, 0.1) is 6.33 Å². The van der Waals surface area contributed by atoms with Gasteiger partial charge in [-0.2, -0.15) is 0 Å². The fourth-order valence-electron chi connectivity index (χ4n) is 3.05. The summed E-state index contributed by atoms with van der Waals surface area (Å²) in [5, 5.41) is 6.73. The zero-order valence-corrected chi connectivity index (χ0v) is 10.8. The number of hydrogen-bond donors (Lipinski definition) is 2. The molecule has 5 heteroatoms. The molecule has 3 rings (SSSR count). The minimum atomic E-state index is -0.0445. The summed E-state index contributed by atoms with van der Waals surface area (Å²) in [5.41, 5.74) is 0.832. The summed E-state index contributed by atoms with van der Waals surface area (Å²) in [6.07, 6.45) is 9.31. The van der Waals surface area contributed by atoms with E-state index >= 15 is 0 Å². The van der Waals surface area contributed by atoms with E-state index in [0.717, 1.165) is 19.4 Å². The molecule has 1 aliphatic carbocycles. The first-order chi connectivity index (χ1) is 8.67. The van der Waals surface area contributed by atoms with E-state index < -0.39 is 0 Å². The van der Waals surface area contributed by atoms with Crippen LogP contribution in [0.5, 0.6) is 0 Å². The molecule has 1 saturated heterocycles. The van der Waals surface area contributed by atoms with Gasteiger partial charge in [0.2, 0.25) is 0 Å². The van der Waals surface area contributed by atoms with Crippen LogP contribution in [0.1, 0.15) is 42.6 Å². The lowest BCUT2D eigenvalue weighted by Gasteiger charge is -2.48. The van der Waals surface area contributed by atoms with Crippen LogP contribution < -0.4 is 10.6 Å². The molecule has 1 unspecified atom stereocenters. The predicted octanol–water partition coefficient (Wildman–Crippen LogP) is 0.825. The van der Waals surface area contributed by atoms with Gasteiger partial charge < -0.3 is 15.2 Å². The molecule has 1 atom stereocenters. The lowest BCUT2D eigenvalue weighted by atomic mass is 9.70. The van der Waals surface area contributed by atoms with Crippen molar-refractivity contribution in [2.75, 3.05) is 6.54 Å². The van der Waals surface area contributed by atoms with E-state index in [1.54, 1.807) is 17.1 Å². The molecule has 2 fully saturated rings. The number of aromatic nitrogens is 2. The quantitative estimate of drug-likeness (QED) is 0.815. The first-order valence-corrected chi connectivity index (χ1v) is 6.71. The molecule has 5 nitrogen and oxygen atoms in total. The van der Waals surface area contributed by atoms with Crippen molar-refractivity contribution in [1.82, 2.24) is 20.2 Å². The predicted molar refractivity (Wildman–Crippen MR) is 68.3 cm³/mol. The zero-order valence-electron chi connectivity index (χ0n) is 10.8. The van der Waals surface area contributed by atoms with E-state index in [4.69, 9.17) is 0 Å². The Balaban J connectivity index is 1.60. The number of nitrogens with zero attached hydrogens (tertiary/aromatic N) is 2. The highest BCUT2D eigenvalue weighted by molar-refractivity contribution is 5.92. The number of nitrogens with one attached hydrogen (secondary N) is 2. The van der Waals surface area contributed by atoms with Crippen LogP contribution >= 0.6 is 0 Å². The highest BCUT2D eigenvalue weighted by Gasteiger charge is 2.41. The second kappa shape index (κ2) is 4.39. The van der Waals surface area contributed by atoms with Crippen molar-refractivity contribution in [2.45, 2.75) is 43.7 Å². The van der Waals surface area contributed by atoms with Crippen molar-refractivity contribution in [3.63, 3.8) is 0 Å². The number of carbonyl (C=O) groups is 1. The van der Waals surface area contributed by atoms with Gasteiger partial charge in [0, 0.05) is 24.8 Å². The monoisotopic (exact) mass is 248 g/mol. The third kappa shape index (κ3) is 2.14. The molecule has 98 valence electrons. The van der Waals surface area contributed by atoms with Crippen molar-refractivity contribution in [1.29, 1.82) is 0 Å². The van der Waals surface area contributed by atoms with Crippen LogP contribution in [0.3, 0.4) is 0 Å². The topological polar surface area (TPSA) is 59.0 Å². The fourth-order valence-corrected chi connectivity index (χ4v) is 3.05. The van der Waals surface area contributed by atoms with Crippen LogP contribution in [0.4, 0.5) is 0 Å². The average molecular weight is 248 g/mol. The van der Waals surface area contributed by atoms with Crippen LogP contribution in [-0.4, -0.2) is 33.6 Å². The molecular formula is C13H20N4O. The Kier molecular flexibility index (Phi) is 2.86. The Morgan fingerprint density at radius 1 is 1.61 bits per heavy atom. The fraction of sp³-hybridized carbons (Fsp3) is 0.692. The summed E-state index contributed by atoms with van der Waals surface area (Å²) < 4.78 is 1.80. The molecule has 1 amide bonds. The Bertz CT molecular complexity index is 450. The number of aryl methyl sites for hydroxylation is 1. The van der Waals surface area contributed by atoms with Gasteiger partial charge in [-0.1, -0.05) is 0 Å². The molecule has 0 radical (unpaired) electrons. The molecular weight excluding hydrogens is 228 g/mol. The van der Waals surface area contributed by atoms with Crippen molar-refractivity contribution >= 4 is 5.91 Å². The van der Waals surface area contributed by atoms with Crippen molar-refractivity contribution in [3.05, 3.63) is 18.2 Å². The highest BCUT2D eigenvalue weighted by atomic mass is 16.2. The van der Waals surface area contributed by atoms with Gasteiger partial charge in [-0.3, -0.25) is 4.79 Å². The molecule has 1 saturated carbocycles. The van der Waals surface area contributed by atoms with Gasteiger partial charge in [-0.15, -0.1) is 0 Å². The lowest BCUT2D eigenvalue weighted by Crippen LogP contribution is -2.59. The maximum atomic E-state index is 12.0. The number of rotatable bonds is 2. The van der Waals surface area contributed by atoms with Crippen LogP contribution in [-0.2, 0) is 7.05 Å². The Labute approximate surface area is 107 Å². The molecule has 0 aromatic carbocycles. The van der Waals surface area contributed by atoms with Crippen LogP contribution in [0, 0.1) is 0 Å². The van der Waals surface area contributed by atoms with Gasteiger partial charge in [0.25, 0.3) is 5.91 Å². The van der Waals surface area contributed by atoms with Crippen molar-refractivity contribution < 1.29 is 4.79 Å². The highest BCUT2D eigenvalue weighted by Crippen LogP contribution is 2.38. The molecule has 18 heavy (non-hydrogen) atoms. The number of carbonyl (C=O) groups excluding carboxylic acids is 1. The summed E-state index contributed by atoms with van der Waals surface area (Å²) in [5.74, 6) is -0.0445. The summed E-state index contributed by atoms with van der Waals surface area (Å²) in [7, 11) is 1.87. The number of imidazole rings is 1. The zero-order chi connectivity index (χ0) is 12.6. The molecule has 0 bridgehead atoms. The molecule has 1 aliphatic heterocycles. The van der Waals surface area contributed by atoms with Gasteiger partial charge in [0.15, 0.2) is 0 Å². The van der Waals surface area contributed by atoms with Gasteiger partial charge in [-0.25, -0.2) is 4.98 Å². The summed E-state index contributed by atoms with van der Waals surface area (Å²) in [6.45, 7) is 1.01. The molecule has 1 aromatic heterocycles. The second-order valence-corrected chi connectivity index (χ2v) is 5.65. The molecule has 1 aromatic rings. The van der Waals surface area contributed by atoms with Crippen LogP contribution in [0.2, 0.25) is 0 Å². The number of piperidine rings is 1. The summed E-state index contributed by atoms with van der Waals surface area (Å²) in [6, 6.07) is 0.293. The maximum Gasteiger partial charge on any atom is 0.271 e. The number of hydrogen-bond acceptors (Lipinski definition) is 3. The summed E-state index contributed by atoms with van der Waals surface area (Å²) in [4.78, 5) is 16.1. The number of amides is 1. The SMILES string of the molecule is Cn1cnc(C(=O)NC2CCNC3(CCC3)C2)c1. The molecule has 2 N–H and O–H groups in total. The van der Waals surface area contributed by atoms with E-state index in [1.165, 1.54) is 19.3 Å². The second-order valence-electron chi connectivity index (χ2n) is 5.65. The molecule has 2 aliphatic rings. The van der Waals surface area contributed by atoms with E-state index in [9.17, 15) is 4.79 Å². The lowest BCUT2D eigenvalue weighted by molar-refractivity contribution is 0.0849. The third-order valence-corrected chi connectivity index (χ3v) is 4.21. The normalized spacial score (nSPS) is 25.7. The Morgan fingerprint density at radius 2 is 2.44 bits per heavy atom. The van der Waals surface area contributed by atoms with E-state index in [1.807, 2.05) is 7.05 Å². The maximum absolute atomic E-state index is 12.0. The average Bonchev–Trinajstić information content (AvgIpc) is 2.74. The molecule has 2 heterocycles. The van der Waals surface area contributed by atoms with E-state index in [2.05, 4.69) is 15.6 Å². The van der Waals surface area contributed by atoms with Crippen LogP contribution in [0.25, 0.3) is 0 Å². The van der Waals surface area contributed by atoms with E-state index in [-0.39, 0.29) is 5.91 Å². The van der Waals surface area contributed by atoms with Crippen molar-refractivity contribution in [3.8, 4) is 0 Å². The largest absolute Gasteiger partial charge is 0.348 e. The first kappa shape index (κ1) is 11.7. The van der Waals surface area contributed by atoms with Crippen molar-refractivity contribution in [2.24, 2.45) is 7.05 Å². The first-order valence-electron chi connectivity index (χ1n) is 6.71. The Morgan fingerprint density at radius 3 is 3.06 bits per heavy atom. The minimum absolute atomic E-state index is 0.0445. The Hall–Kier alpha value is -1.36. The van der Waals surface area contributed by atoms with Gasteiger partial charge in [-0.05, 0) is 38.6 Å². The smallest absolute Gasteiger partial charge is 0.271 e. The molecule has 1 spiro atoms. The van der Waals surface area contributed by atoms with E-state index in [0.29, 0.717) is 17.3 Å². The van der Waals surface area contributed by atoms with Crippen LogP contribution in [0.15, 0.2) is 12.5 Å². The van der Waals surface area contributed by atoms with Gasteiger partial charge >= 0.3 is 0 Å². The van der Waals surface area contributed by atoms with Gasteiger partial charge in [0.1, 0.15) is 5.69 Å². The standard InChI is InChI=1S/C13H20N4O/c1-17-8-11(14-9-17)12(18)16-10-3-6-15-13(7-10)4-2-5-13/h8-10,15H,2-7H2,1H3,(H,16,18). The third-order valence-electron chi connectivity index (χ3n) is 4.21.